The van der Waals surface area contributed by atoms with Crippen LogP contribution in [0.4, 0.5) is 0 Å². The van der Waals surface area contributed by atoms with Gasteiger partial charge >= 0.3 is 0 Å². The molecule has 60 valence electrons. The van der Waals surface area contributed by atoms with E-state index in [9.17, 15) is 0 Å². The van der Waals surface area contributed by atoms with E-state index in [1.807, 2.05) is 19.1 Å². The summed E-state index contributed by atoms with van der Waals surface area (Å²) in [5, 5.41) is 0. The van der Waals surface area contributed by atoms with Gasteiger partial charge in [0.25, 0.3) is 0 Å². The van der Waals surface area contributed by atoms with Gasteiger partial charge in [0.05, 0.1) is 23.9 Å². The number of aryl methyl sites for hydroxylation is 1. The molecule has 0 atom stereocenters. The van der Waals surface area contributed by atoms with Crippen LogP contribution in [-0.4, -0.2) is 15.0 Å². The number of aromatic amines is 1. The van der Waals surface area contributed by atoms with Crippen molar-refractivity contribution in [1.82, 2.24) is 15.0 Å². The van der Waals surface area contributed by atoms with Gasteiger partial charge in [-0.2, -0.15) is 0 Å². The van der Waals surface area contributed by atoms with Crippen molar-refractivity contribution < 1.29 is 0 Å². The zero-order valence-electron chi connectivity index (χ0n) is 6.78. The smallest absolute Gasteiger partial charge is 0.0924 e. The molecule has 2 aromatic rings. The van der Waals surface area contributed by atoms with Crippen molar-refractivity contribution in [3.63, 3.8) is 0 Å². The minimum absolute atomic E-state index is 0.938. The predicted octanol–water partition coefficient (Wildman–Crippen LogP) is 1.78. The number of H-pyrrole nitrogens is 1. The SMILES string of the molecule is Cc1ccnc(-c2cnc[nH]2)c1. The van der Waals surface area contributed by atoms with Crippen LogP contribution in [0.2, 0.25) is 0 Å². The largest absolute Gasteiger partial charge is 0.343 e. The van der Waals surface area contributed by atoms with Crippen LogP contribution in [0.5, 0.6) is 0 Å². The first-order valence-electron chi connectivity index (χ1n) is 3.77. The quantitative estimate of drug-likeness (QED) is 0.689. The molecule has 3 nitrogen and oxygen atoms in total. The lowest BCUT2D eigenvalue weighted by Crippen LogP contribution is -1.83. The highest BCUT2D eigenvalue weighted by Crippen LogP contribution is 2.12. The van der Waals surface area contributed by atoms with Gasteiger partial charge in [0.1, 0.15) is 0 Å². The summed E-state index contributed by atoms with van der Waals surface area (Å²) in [7, 11) is 0. The zero-order valence-corrected chi connectivity index (χ0v) is 6.78. The molecule has 2 aromatic heterocycles. The molecule has 0 bridgehead atoms. The van der Waals surface area contributed by atoms with Crippen molar-refractivity contribution in [2.45, 2.75) is 6.92 Å². The second kappa shape index (κ2) is 2.77. The minimum atomic E-state index is 0.938. The van der Waals surface area contributed by atoms with Crippen LogP contribution >= 0.6 is 0 Å². The van der Waals surface area contributed by atoms with E-state index in [-0.39, 0.29) is 0 Å². The van der Waals surface area contributed by atoms with E-state index >= 15 is 0 Å². The Morgan fingerprint density at radius 2 is 2.33 bits per heavy atom. The van der Waals surface area contributed by atoms with E-state index in [2.05, 4.69) is 15.0 Å². The fraction of sp³-hybridized carbons (Fsp3) is 0.111. The molecule has 0 amide bonds. The van der Waals surface area contributed by atoms with Crippen molar-refractivity contribution in [2.24, 2.45) is 0 Å². The lowest BCUT2D eigenvalue weighted by molar-refractivity contribution is 1.25. The standard InChI is InChI=1S/C9H9N3/c1-7-2-3-11-8(4-7)9-5-10-6-12-9/h2-6H,1H3,(H,10,12). The van der Waals surface area contributed by atoms with Gasteiger partial charge in [-0.25, -0.2) is 4.98 Å². The molecule has 0 fully saturated rings. The molecular weight excluding hydrogens is 150 g/mol. The van der Waals surface area contributed by atoms with Gasteiger partial charge in [-0.05, 0) is 24.6 Å². The van der Waals surface area contributed by atoms with Crippen LogP contribution in [0.3, 0.4) is 0 Å². The maximum Gasteiger partial charge on any atom is 0.0924 e. The highest BCUT2D eigenvalue weighted by atomic mass is 14.9. The summed E-state index contributed by atoms with van der Waals surface area (Å²) in [4.78, 5) is 11.2. The number of imidazole rings is 1. The highest BCUT2D eigenvalue weighted by Gasteiger charge is 1.98. The second-order valence-electron chi connectivity index (χ2n) is 2.68. The number of hydrogen-bond acceptors (Lipinski definition) is 2. The number of nitrogens with zero attached hydrogens (tertiary/aromatic N) is 2. The molecule has 0 unspecified atom stereocenters. The second-order valence-corrected chi connectivity index (χ2v) is 2.68. The van der Waals surface area contributed by atoms with Gasteiger partial charge in [0.2, 0.25) is 0 Å². The van der Waals surface area contributed by atoms with Gasteiger partial charge in [-0.15, -0.1) is 0 Å². The first kappa shape index (κ1) is 7.03. The molecule has 0 saturated heterocycles. The van der Waals surface area contributed by atoms with Crippen molar-refractivity contribution in [3.05, 3.63) is 36.4 Å². The average molecular weight is 159 g/mol. The Morgan fingerprint density at radius 1 is 1.42 bits per heavy atom. The summed E-state index contributed by atoms with van der Waals surface area (Å²) >= 11 is 0. The Labute approximate surface area is 70.5 Å². The summed E-state index contributed by atoms with van der Waals surface area (Å²) < 4.78 is 0. The first-order chi connectivity index (χ1) is 5.86. The van der Waals surface area contributed by atoms with Crippen molar-refractivity contribution in [1.29, 1.82) is 0 Å². The van der Waals surface area contributed by atoms with Crippen LogP contribution in [0.15, 0.2) is 30.9 Å². The fourth-order valence-electron chi connectivity index (χ4n) is 1.08. The molecule has 0 aliphatic heterocycles. The van der Waals surface area contributed by atoms with E-state index in [4.69, 9.17) is 0 Å². The maximum atomic E-state index is 4.21. The topological polar surface area (TPSA) is 41.6 Å². The van der Waals surface area contributed by atoms with E-state index in [1.165, 1.54) is 5.56 Å². The number of nitrogens with one attached hydrogen (secondary N) is 1. The number of aromatic nitrogens is 3. The predicted molar refractivity (Wildman–Crippen MR) is 46.6 cm³/mol. The fourth-order valence-corrected chi connectivity index (χ4v) is 1.08. The Kier molecular flexibility index (Phi) is 1.63. The molecular formula is C9H9N3. The Morgan fingerprint density at radius 3 is 3.00 bits per heavy atom. The first-order valence-corrected chi connectivity index (χ1v) is 3.77. The Hall–Kier alpha value is -1.64. The van der Waals surface area contributed by atoms with E-state index in [0.29, 0.717) is 0 Å². The number of rotatable bonds is 1. The third-order valence-corrected chi connectivity index (χ3v) is 1.69. The molecule has 12 heavy (non-hydrogen) atoms. The summed E-state index contributed by atoms with van der Waals surface area (Å²) in [5.74, 6) is 0. The van der Waals surface area contributed by atoms with E-state index in [1.54, 1.807) is 18.7 Å². The van der Waals surface area contributed by atoms with Gasteiger partial charge in [0.15, 0.2) is 0 Å². The summed E-state index contributed by atoms with van der Waals surface area (Å²) in [6.07, 6.45) is 5.21. The zero-order chi connectivity index (χ0) is 8.39. The molecule has 1 N–H and O–H groups in total. The van der Waals surface area contributed by atoms with Gasteiger partial charge in [-0.3, -0.25) is 4.98 Å². The van der Waals surface area contributed by atoms with Crippen LogP contribution in [0, 0.1) is 6.92 Å². The summed E-state index contributed by atoms with van der Waals surface area (Å²) in [6.45, 7) is 2.04. The third kappa shape index (κ3) is 1.21. The molecule has 0 aliphatic carbocycles. The third-order valence-electron chi connectivity index (χ3n) is 1.69. The maximum absolute atomic E-state index is 4.21. The van der Waals surface area contributed by atoms with Gasteiger partial charge in [-0.1, -0.05) is 0 Å². The van der Waals surface area contributed by atoms with Crippen molar-refractivity contribution in [2.75, 3.05) is 0 Å². The molecule has 0 radical (unpaired) electrons. The van der Waals surface area contributed by atoms with Crippen LogP contribution in [0.1, 0.15) is 5.56 Å². The normalized spacial score (nSPS) is 10.1. The molecule has 2 rings (SSSR count). The van der Waals surface area contributed by atoms with Crippen LogP contribution < -0.4 is 0 Å². The lowest BCUT2D eigenvalue weighted by atomic mass is 10.2. The highest BCUT2D eigenvalue weighted by molar-refractivity contribution is 5.53. The molecule has 0 aliphatic rings. The molecule has 2 heterocycles. The van der Waals surface area contributed by atoms with Crippen molar-refractivity contribution in [3.8, 4) is 11.4 Å². The number of hydrogen-bond donors (Lipinski definition) is 1. The minimum Gasteiger partial charge on any atom is -0.343 e. The summed E-state index contributed by atoms with van der Waals surface area (Å²) in [5.41, 5.74) is 3.10. The van der Waals surface area contributed by atoms with E-state index < -0.39 is 0 Å². The lowest BCUT2D eigenvalue weighted by Gasteiger charge is -1.96. The monoisotopic (exact) mass is 159 g/mol. The Balaban J connectivity index is 2.48. The van der Waals surface area contributed by atoms with Gasteiger partial charge in [0, 0.05) is 6.20 Å². The number of pyridine rings is 1. The van der Waals surface area contributed by atoms with Crippen molar-refractivity contribution >= 4 is 0 Å². The molecule has 0 spiro atoms. The molecule has 3 heteroatoms. The van der Waals surface area contributed by atoms with Gasteiger partial charge < -0.3 is 4.98 Å². The Bertz CT molecular complexity index is 365. The van der Waals surface area contributed by atoms with Crippen LogP contribution in [-0.2, 0) is 0 Å². The van der Waals surface area contributed by atoms with Crippen LogP contribution in [0.25, 0.3) is 11.4 Å². The average Bonchev–Trinajstić information content (AvgIpc) is 2.56. The summed E-state index contributed by atoms with van der Waals surface area (Å²) in [6, 6.07) is 3.99. The molecule has 0 aromatic carbocycles. The molecule has 0 saturated carbocycles. The van der Waals surface area contributed by atoms with E-state index in [0.717, 1.165) is 11.4 Å².